The number of rotatable bonds is 5. The summed E-state index contributed by atoms with van der Waals surface area (Å²) in [5.74, 6) is 0.0794. The van der Waals surface area contributed by atoms with Gasteiger partial charge in [-0.15, -0.1) is 0 Å². The van der Waals surface area contributed by atoms with Crippen LogP contribution >= 0.6 is 0 Å². The van der Waals surface area contributed by atoms with Gasteiger partial charge in [0.25, 0.3) is 0 Å². The van der Waals surface area contributed by atoms with Gasteiger partial charge in [0.15, 0.2) is 0 Å². The van der Waals surface area contributed by atoms with E-state index >= 15 is 0 Å². The molecule has 3 nitrogen and oxygen atoms in total. The number of hydrogen-bond donors (Lipinski definition) is 1. The van der Waals surface area contributed by atoms with E-state index in [2.05, 4.69) is 0 Å². The standard InChI is InChI=1S/C8H16O3S/c1-6(2)5-12(11)7(3)4-8(9)10/h6-7H,4-5H2,1-3H3,(H,9,10). The number of carboxylic acids is 1. The molecule has 1 N–H and O–H groups in total. The van der Waals surface area contributed by atoms with Gasteiger partial charge in [-0.1, -0.05) is 20.8 Å². The second kappa shape index (κ2) is 5.30. The summed E-state index contributed by atoms with van der Waals surface area (Å²) in [6, 6.07) is 0. The highest BCUT2D eigenvalue weighted by atomic mass is 32.2. The van der Waals surface area contributed by atoms with E-state index in [4.69, 9.17) is 5.11 Å². The molecule has 0 aliphatic rings. The molecule has 12 heavy (non-hydrogen) atoms. The van der Waals surface area contributed by atoms with Gasteiger partial charge in [0.1, 0.15) is 0 Å². The SMILES string of the molecule is CC(C)CS(=O)C(C)CC(=O)O. The first-order chi connectivity index (χ1) is 5.43. The predicted octanol–water partition coefficient (Wildman–Crippen LogP) is 1.25. The minimum atomic E-state index is -0.996. The Labute approximate surface area is 75.6 Å². The maximum atomic E-state index is 11.3. The van der Waals surface area contributed by atoms with Crippen molar-refractivity contribution < 1.29 is 14.1 Å². The van der Waals surface area contributed by atoms with Crippen molar-refractivity contribution in [3.05, 3.63) is 0 Å². The first-order valence-electron chi connectivity index (χ1n) is 4.02. The molecule has 0 aromatic rings. The van der Waals surface area contributed by atoms with E-state index in [9.17, 15) is 9.00 Å². The second-order valence-corrected chi connectivity index (χ2v) is 5.25. The molecule has 0 saturated heterocycles. The Morgan fingerprint density at radius 2 is 1.92 bits per heavy atom. The van der Waals surface area contributed by atoms with Crippen LogP contribution in [0.15, 0.2) is 0 Å². The molecular weight excluding hydrogens is 176 g/mol. The third-order valence-corrected chi connectivity index (χ3v) is 3.47. The van der Waals surface area contributed by atoms with Gasteiger partial charge in [0, 0.05) is 21.8 Å². The van der Waals surface area contributed by atoms with Gasteiger partial charge in [0.2, 0.25) is 0 Å². The summed E-state index contributed by atoms with van der Waals surface area (Å²) < 4.78 is 11.3. The lowest BCUT2D eigenvalue weighted by Gasteiger charge is -2.10. The minimum Gasteiger partial charge on any atom is -0.481 e. The molecule has 0 aliphatic carbocycles. The quantitative estimate of drug-likeness (QED) is 0.713. The van der Waals surface area contributed by atoms with Crippen molar-refractivity contribution in [1.82, 2.24) is 0 Å². The van der Waals surface area contributed by atoms with E-state index < -0.39 is 16.8 Å². The number of hydrogen-bond acceptors (Lipinski definition) is 2. The van der Waals surface area contributed by atoms with Crippen LogP contribution in [-0.4, -0.2) is 26.3 Å². The molecule has 72 valence electrons. The van der Waals surface area contributed by atoms with Gasteiger partial charge in [-0.2, -0.15) is 0 Å². The van der Waals surface area contributed by atoms with Crippen molar-refractivity contribution in [2.75, 3.05) is 5.75 Å². The topological polar surface area (TPSA) is 54.4 Å². The minimum absolute atomic E-state index is 0.000664. The summed E-state index contributed by atoms with van der Waals surface area (Å²) >= 11 is 0. The molecule has 0 heterocycles. The molecule has 4 heteroatoms. The number of carbonyl (C=O) groups is 1. The normalized spacial score (nSPS) is 16.0. The van der Waals surface area contributed by atoms with E-state index in [1.165, 1.54) is 0 Å². The maximum Gasteiger partial charge on any atom is 0.304 e. The smallest absolute Gasteiger partial charge is 0.304 e. The second-order valence-electron chi connectivity index (χ2n) is 3.35. The summed E-state index contributed by atoms with van der Waals surface area (Å²) in [6.45, 7) is 5.67. The molecule has 0 aliphatic heterocycles. The van der Waals surface area contributed by atoms with E-state index in [0.29, 0.717) is 11.7 Å². The van der Waals surface area contributed by atoms with Gasteiger partial charge >= 0.3 is 5.97 Å². The Hall–Kier alpha value is -0.380. The molecule has 0 radical (unpaired) electrons. The van der Waals surface area contributed by atoms with Crippen LogP contribution in [0.25, 0.3) is 0 Å². The summed E-state index contributed by atoms with van der Waals surface area (Å²) in [4.78, 5) is 10.3. The summed E-state index contributed by atoms with van der Waals surface area (Å²) in [5.41, 5.74) is 0. The van der Waals surface area contributed by atoms with Crippen molar-refractivity contribution in [1.29, 1.82) is 0 Å². The monoisotopic (exact) mass is 192 g/mol. The summed E-state index contributed by atoms with van der Waals surface area (Å²) in [7, 11) is -0.996. The van der Waals surface area contributed by atoms with Crippen LogP contribution in [0.4, 0.5) is 0 Å². The van der Waals surface area contributed by atoms with Crippen LogP contribution in [0.5, 0.6) is 0 Å². The van der Waals surface area contributed by atoms with Crippen molar-refractivity contribution in [3.63, 3.8) is 0 Å². The van der Waals surface area contributed by atoms with Gasteiger partial charge in [-0.25, -0.2) is 0 Å². The Kier molecular flexibility index (Phi) is 5.13. The zero-order valence-electron chi connectivity index (χ0n) is 7.74. The molecule has 0 saturated carbocycles. The van der Waals surface area contributed by atoms with Crippen molar-refractivity contribution in [2.45, 2.75) is 32.4 Å². The summed E-state index contributed by atoms with van der Waals surface area (Å²) in [6.07, 6.45) is -0.000664. The van der Waals surface area contributed by atoms with Crippen LogP contribution < -0.4 is 0 Å². The van der Waals surface area contributed by atoms with Crippen molar-refractivity contribution in [3.8, 4) is 0 Å². The molecule has 0 rings (SSSR count). The maximum absolute atomic E-state index is 11.3. The lowest BCUT2D eigenvalue weighted by Crippen LogP contribution is -2.20. The first kappa shape index (κ1) is 11.6. The van der Waals surface area contributed by atoms with Crippen molar-refractivity contribution >= 4 is 16.8 Å². The fraction of sp³-hybridized carbons (Fsp3) is 0.875. The molecule has 2 unspecified atom stereocenters. The Morgan fingerprint density at radius 1 is 1.42 bits per heavy atom. The fourth-order valence-corrected chi connectivity index (χ4v) is 2.15. The molecular formula is C8H16O3S. The summed E-state index contributed by atoms with van der Waals surface area (Å²) in [5, 5.41) is 8.20. The molecule has 0 aromatic carbocycles. The van der Waals surface area contributed by atoms with Crippen LogP contribution in [0, 0.1) is 5.92 Å². The zero-order chi connectivity index (χ0) is 9.72. The number of aliphatic carboxylic acids is 1. The molecule has 2 atom stereocenters. The molecule has 0 bridgehead atoms. The Morgan fingerprint density at radius 3 is 2.25 bits per heavy atom. The molecule has 0 aromatic heterocycles. The number of carboxylic acid groups (broad SMARTS) is 1. The lowest BCUT2D eigenvalue weighted by molar-refractivity contribution is -0.136. The van der Waals surface area contributed by atoms with E-state index in [1.54, 1.807) is 6.92 Å². The van der Waals surface area contributed by atoms with E-state index in [1.807, 2.05) is 13.8 Å². The third kappa shape index (κ3) is 5.29. The van der Waals surface area contributed by atoms with Crippen LogP contribution in [-0.2, 0) is 15.6 Å². The highest BCUT2D eigenvalue weighted by Crippen LogP contribution is 2.05. The van der Waals surface area contributed by atoms with Gasteiger partial charge in [-0.3, -0.25) is 9.00 Å². The largest absolute Gasteiger partial charge is 0.481 e. The average molecular weight is 192 g/mol. The van der Waals surface area contributed by atoms with Gasteiger partial charge in [-0.05, 0) is 5.92 Å². The fourth-order valence-electron chi connectivity index (χ4n) is 0.832. The van der Waals surface area contributed by atoms with Gasteiger partial charge < -0.3 is 5.11 Å². The van der Waals surface area contributed by atoms with E-state index in [0.717, 1.165) is 0 Å². The molecule has 0 amide bonds. The molecule has 0 fully saturated rings. The Bertz CT molecular complexity index is 177. The predicted molar refractivity (Wildman–Crippen MR) is 49.6 cm³/mol. The van der Waals surface area contributed by atoms with Crippen LogP contribution in [0.3, 0.4) is 0 Å². The first-order valence-corrected chi connectivity index (χ1v) is 5.40. The highest BCUT2D eigenvalue weighted by Gasteiger charge is 2.15. The van der Waals surface area contributed by atoms with E-state index in [-0.39, 0.29) is 11.7 Å². The average Bonchev–Trinajstić information content (AvgIpc) is 1.84. The third-order valence-electron chi connectivity index (χ3n) is 1.41. The van der Waals surface area contributed by atoms with Crippen LogP contribution in [0.1, 0.15) is 27.2 Å². The lowest BCUT2D eigenvalue weighted by atomic mass is 10.3. The van der Waals surface area contributed by atoms with Crippen molar-refractivity contribution in [2.24, 2.45) is 5.92 Å². The molecule has 0 spiro atoms. The van der Waals surface area contributed by atoms with Crippen LogP contribution in [0.2, 0.25) is 0 Å². The Balaban J connectivity index is 3.85. The zero-order valence-corrected chi connectivity index (χ0v) is 8.56. The van der Waals surface area contributed by atoms with Gasteiger partial charge in [0.05, 0.1) is 6.42 Å². The highest BCUT2D eigenvalue weighted by molar-refractivity contribution is 7.85.